The van der Waals surface area contributed by atoms with Crippen LogP contribution in [0, 0.1) is 11.1 Å². The van der Waals surface area contributed by atoms with Gasteiger partial charge in [0.1, 0.15) is 0 Å². The van der Waals surface area contributed by atoms with Crippen molar-refractivity contribution in [3.63, 3.8) is 0 Å². The molecule has 0 aromatic carbocycles. The van der Waals surface area contributed by atoms with E-state index in [0.29, 0.717) is 25.4 Å². The van der Waals surface area contributed by atoms with Gasteiger partial charge in [-0.3, -0.25) is 4.79 Å². The molecule has 0 aliphatic carbocycles. The van der Waals surface area contributed by atoms with Crippen molar-refractivity contribution in [2.45, 2.75) is 25.3 Å². The molecule has 4 heteroatoms. The number of quaternary nitrogens is 1. The fourth-order valence-corrected chi connectivity index (χ4v) is 2.66. The van der Waals surface area contributed by atoms with Gasteiger partial charge in [-0.1, -0.05) is 0 Å². The molecular formula is C8H12ClNO2. The summed E-state index contributed by atoms with van der Waals surface area (Å²) < 4.78 is -0.348. The highest BCUT2D eigenvalue weighted by Gasteiger charge is 2.45. The van der Waals surface area contributed by atoms with Crippen LogP contribution >= 0.6 is 11.6 Å². The second-order valence-electron chi connectivity index (χ2n) is 3.90. The predicted molar refractivity (Wildman–Crippen MR) is 45.4 cm³/mol. The van der Waals surface area contributed by atoms with Crippen LogP contribution in [0.15, 0.2) is 0 Å². The third-order valence-corrected chi connectivity index (χ3v) is 3.47. The smallest absolute Gasteiger partial charge is 0.279 e. The summed E-state index contributed by atoms with van der Waals surface area (Å²) in [5, 5.41) is 11.5. The molecule has 68 valence electrons. The number of fused-ring (bicyclic) bond motifs is 3. The van der Waals surface area contributed by atoms with E-state index in [9.17, 15) is 10.0 Å². The summed E-state index contributed by atoms with van der Waals surface area (Å²) in [6, 6.07) is -0.459. The maximum absolute atomic E-state index is 11.9. The Bertz CT molecular complexity index is 211. The number of piperidine rings is 3. The molecule has 3 aliphatic heterocycles. The Morgan fingerprint density at radius 2 is 2.00 bits per heavy atom. The largest absolute Gasteiger partial charge is 0.632 e. The van der Waals surface area contributed by atoms with Crippen molar-refractivity contribution in [2.75, 3.05) is 13.1 Å². The van der Waals surface area contributed by atoms with E-state index in [1.54, 1.807) is 0 Å². The minimum Gasteiger partial charge on any atom is -0.632 e. The van der Waals surface area contributed by atoms with Gasteiger partial charge >= 0.3 is 0 Å². The molecule has 2 bridgehead atoms. The van der Waals surface area contributed by atoms with Crippen LogP contribution in [0.3, 0.4) is 0 Å². The van der Waals surface area contributed by atoms with Crippen molar-refractivity contribution in [3.8, 4) is 0 Å². The first-order valence-electron chi connectivity index (χ1n) is 4.39. The van der Waals surface area contributed by atoms with E-state index in [2.05, 4.69) is 0 Å². The Balaban J connectivity index is 2.20. The Morgan fingerprint density at radius 3 is 2.33 bits per heavy atom. The lowest BCUT2D eigenvalue weighted by Crippen LogP contribution is -2.62. The first-order valence-corrected chi connectivity index (χ1v) is 4.77. The molecule has 3 fully saturated rings. The summed E-state index contributed by atoms with van der Waals surface area (Å²) >= 11 is 5.39. The van der Waals surface area contributed by atoms with Crippen LogP contribution in [0.5, 0.6) is 0 Å². The SMILES string of the molecule is O=C(Cl)C1CC2CC[N+]1([O-])CC2. The van der Waals surface area contributed by atoms with Gasteiger partial charge in [-0.2, -0.15) is 0 Å². The zero-order valence-corrected chi connectivity index (χ0v) is 7.59. The quantitative estimate of drug-likeness (QED) is 0.354. The topological polar surface area (TPSA) is 40.1 Å². The van der Waals surface area contributed by atoms with Gasteiger partial charge in [0.2, 0.25) is 0 Å². The van der Waals surface area contributed by atoms with Gasteiger partial charge in [0, 0.05) is 19.3 Å². The number of carbonyl (C=O) groups excluding carboxylic acids is 1. The van der Waals surface area contributed by atoms with Crippen LogP contribution in [-0.2, 0) is 4.79 Å². The molecule has 3 saturated heterocycles. The molecule has 0 aromatic heterocycles. The van der Waals surface area contributed by atoms with Gasteiger partial charge in [-0.05, 0) is 17.5 Å². The number of carbonyl (C=O) groups is 1. The molecule has 0 N–H and O–H groups in total. The molecule has 1 atom stereocenters. The second-order valence-corrected chi connectivity index (χ2v) is 4.27. The zero-order valence-electron chi connectivity index (χ0n) is 6.83. The van der Waals surface area contributed by atoms with Crippen molar-refractivity contribution in [1.29, 1.82) is 0 Å². The van der Waals surface area contributed by atoms with Gasteiger partial charge in [0.25, 0.3) is 5.24 Å². The normalized spacial score (nSPS) is 46.2. The average Bonchev–Trinajstić information content (AvgIpc) is 2.04. The first kappa shape index (κ1) is 8.48. The van der Waals surface area contributed by atoms with Crippen LogP contribution in [-0.4, -0.2) is 29.0 Å². The lowest BCUT2D eigenvalue weighted by atomic mass is 9.83. The molecule has 0 aromatic rings. The van der Waals surface area contributed by atoms with Crippen molar-refractivity contribution in [3.05, 3.63) is 5.21 Å². The minimum absolute atomic E-state index is 0.348. The fourth-order valence-electron chi connectivity index (χ4n) is 2.39. The van der Waals surface area contributed by atoms with Crippen LogP contribution in [0.1, 0.15) is 19.3 Å². The molecular weight excluding hydrogens is 178 g/mol. The molecule has 0 amide bonds. The fraction of sp³-hybridized carbons (Fsp3) is 0.875. The van der Waals surface area contributed by atoms with Crippen LogP contribution in [0.2, 0.25) is 0 Å². The molecule has 3 aliphatic rings. The highest BCUT2D eigenvalue weighted by Crippen LogP contribution is 2.38. The monoisotopic (exact) mass is 189 g/mol. The molecule has 3 rings (SSSR count). The Morgan fingerprint density at radius 1 is 1.42 bits per heavy atom. The van der Waals surface area contributed by atoms with Crippen molar-refractivity contribution in [2.24, 2.45) is 5.92 Å². The Hall–Kier alpha value is -0.120. The number of hydrogen-bond donors (Lipinski definition) is 0. The van der Waals surface area contributed by atoms with Crippen molar-refractivity contribution >= 4 is 16.8 Å². The molecule has 0 radical (unpaired) electrons. The molecule has 1 unspecified atom stereocenters. The number of hydrogen-bond acceptors (Lipinski definition) is 2. The van der Waals surface area contributed by atoms with Gasteiger partial charge in [-0.25, -0.2) is 0 Å². The average molecular weight is 190 g/mol. The second kappa shape index (κ2) is 2.69. The highest BCUT2D eigenvalue weighted by molar-refractivity contribution is 6.64. The molecule has 3 heterocycles. The van der Waals surface area contributed by atoms with Crippen molar-refractivity contribution in [1.82, 2.24) is 0 Å². The van der Waals surface area contributed by atoms with E-state index in [0.717, 1.165) is 12.8 Å². The van der Waals surface area contributed by atoms with Gasteiger partial charge < -0.3 is 9.85 Å². The lowest BCUT2D eigenvalue weighted by Gasteiger charge is -2.56. The third-order valence-electron chi connectivity index (χ3n) is 3.22. The van der Waals surface area contributed by atoms with E-state index in [1.165, 1.54) is 0 Å². The van der Waals surface area contributed by atoms with Crippen LogP contribution < -0.4 is 0 Å². The summed E-state index contributed by atoms with van der Waals surface area (Å²) in [4.78, 5) is 10.9. The highest BCUT2D eigenvalue weighted by atomic mass is 35.5. The van der Waals surface area contributed by atoms with Crippen molar-refractivity contribution < 1.29 is 9.44 Å². The van der Waals surface area contributed by atoms with E-state index in [4.69, 9.17) is 11.6 Å². The summed E-state index contributed by atoms with van der Waals surface area (Å²) in [5.74, 6) is 0.576. The number of rotatable bonds is 1. The summed E-state index contributed by atoms with van der Waals surface area (Å²) in [6.45, 7) is 1.18. The van der Waals surface area contributed by atoms with E-state index in [-0.39, 0.29) is 4.65 Å². The molecule has 0 spiro atoms. The maximum Gasteiger partial charge on any atom is 0.279 e. The summed E-state index contributed by atoms with van der Waals surface area (Å²) in [7, 11) is 0. The Kier molecular flexibility index (Phi) is 1.90. The number of halogens is 1. The number of nitrogens with zero attached hydrogens (tertiary/aromatic N) is 1. The predicted octanol–water partition coefficient (Wildman–Crippen LogP) is 1.25. The van der Waals surface area contributed by atoms with E-state index < -0.39 is 11.3 Å². The van der Waals surface area contributed by atoms with E-state index >= 15 is 0 Å². The first-order chi connectivity index (χ1) is 5.62. The van der Waals surface area contributed by atoms with Crippen LogP contribution in [0.25, 0.3) is 0 Å². The molecule has 3 nitrogen and oxygen atoms in total. The van der Waals surface area contributed by atoms with Gasteiger partial charge in [-0.15, -0.1) is 0 Å². The van der Waals surface area contributed by atoms with E-state index in [1.807, 2.05) is 0 Å². The summed E-state index contributed by atoms with van der Waals surface area (Å²) in [6.07, 6.45) is 2.67. The molecule has 0 saturated carbocycles. The minimum atomic E-state index is -0.459. The maximum atomic E-state index is 11.9. The third kappa shape index (κ3) is 1.16. The van der Waals surface area contributed by atoms with Crippen LogP contribution in [0.4, 0.5) is 0 Å². The standard InChI is InChI=1S/C8H12ClNO2/c9-8(11)7-5-6-1-3-10(7,12)4-2-6/h6-7H,1-5H2. The Labute approximate surface area is 76.5 Å². The molecule has 12 heavy (non-hydrogen) atoms. The van der Waals surface area contributed by atoms with Gasteiger partial charge in [0.05, 0.1) is 13.1 Å². The lowest BCUT2D eigenvalue weighted by molar-refractivity contribution is -0.912. The number of hydroxylamine groups is 3. The zero-order chi connectivity index (χ0) is 8.77. The summed E-state index contributed by atoms with van der Waals surface area (Å²) in [5.41, 5.74) is 0. The van der Waals surface area contributed by atoms with Gasteiger partial charge in [0.15, 0.2) is 6.04 Å².